The second-order valence-corrected chi connectivity index (χ2v) is 5.83. The molecule has 7 nitrogen and oxygen atoms in total. The minimum Gasteiger partial charge on any atom is -0.480 e. The molecule has 112 valence electrons. The summed E-state index contributed by atoms with van der Waals surface area (Å²) in [6.45, 7) is 0.464. The molecule has 0 aromatic rings. The lowest BCUT2D eigenvalue weighted by molar-refractivity contribution is -0.147. The number of hydrogen-bond acceptors (Lipinski definition) is 5. The van der Waals surface area contributed by atoms with Crippen LogP contribution in [-0.2, 0) is 14.3 Å². The van der Waals surface area contributed by atoms with Crippen molar-refractivity contribution in [3.8, 4) is 0 Å². The first-order chi connectivity index (χ1) is 9.56. The Bertz CT molecular complexity index is 417. The summed E-state index contributed by atoms with van der Waals surface area (Å²) in [5.41, 5.74) is 0. The van der Waals surface area contributed by atoms with Gasteiger partial charge in [0, 0.05) is 12.3 Å². The molecule has 0 bridgehead atoms. The Morgan fingerprint density at radius 2 is 1.95 bits per heavy atom. The van der Waals surface area contributed by atoms with Crippen molar-refractivity contribution < 1.29 is 24.2 Å². The number of piperidine rings is 1. The van der Waals surface area contributed by atoms with Crippen molar-refractivity contribution in [2.75, 3.05) is 25.3 Å². The molecule has 2 aliphatic heterocycles. The first kappa shape index (κ1) is 15.0. The molecule has 2 atom stereocenters. The fourth-order valence-corrected chi connectivity index (χ4v) is 3.68. The van der Waals surface area contributed by atoms with Gasteiger partial charge in [0.2, 0.25) is 0 Å². The lowest BCUT2D eigenvalue weighted by Crippen LogP contribution is -2.55. The smallest absolute Gasteiger partial charge is 0.328 e. The van der Waals surface area contributed by atoms with E-state index in [2.05, 4.69) is 0 Å². The predicted octanol–water partition coefficient (Wildman–Crippen LogP) is 0.593. The highest BCUT2D eigenvalue weighted by molar-refractivity contribution is 7.99. The van der Waals surface area contributed by atoms with Gasteiger partial charge in [-0.3, -0.25) is 0 Å². The SMILES string of the molecule is COC(=O)C1CCCCN1C(=O)N1CSCC1C(=O)O. The number of aliphatic carboxylic acids is 1. The van der Waals surface area contributed by atoms with Gasteiger partial charge in [-0.25, -0.2) is 14.4 Å². The quantitative estimate of drug-likeness (QED) is 0.751. The summed E-state index contributed by atoms with van der Waals surface area (Å²) >= 11 is 1.41. The molecule has 0 aliphatic carbocycles. The number of hydrogen-bond donors (Lipinski definition) is 1. The number of carboxylic acids is 1. The molecule has 0 aromatic heterocycles. The lowest BCUT2D eigenvalue weighted by atomic mass is 10.0. The number of rotatable bonds is 2. The lowest BCUT2D eigenvalue weighted by Gasteiger charge is -2.37. The number of thioether (sulfide) groups is 1. The molecule has 0 aromatic carbocycles. The third kappa shape index (κ3) is 2.84. The first-order valence-electron chi connectivity index (χ1n) is 6.52. The van der Waals surface area contributed by atoms with Gasteiger partial charge < -0.3 is 19.6 Å². The third-order valence-electron chi connectivity index (χ3n) is 3.63. The summed E-state index contributed by atoms with van der Waals surface area (Å²) in [6, 6.07) is -1.79. The molecular weight excluding hydrogens is 284 g/mol. The summed E-state index contributed by atoms with van der Waals surface area (Å²) in [6.07, 6.45) is 2.25. The average Bonchev–Trinajstić information content (AvgIpc) is 2.95. The van der Waals surface area contributed by atoms with E-state index in [9.17, 15) is 14.4 Å². The van der Waals surface area contributed by atoms with Gasteiger partial charge in [0.15, 0.2) is 0 Å². The Labute approximate surface area is 121 Å². The van der Waals surface area contributed by atoms with E-state index < -0.39 is 24.0 Å². The molecule has 2 saturated heterocycles. The summed E-state index contributed by atoms with van der Waals surface area (Å²) in [5, 5.41) is 9.13. The second-order valence-electron chi connectivity index (χ2n) is 4.83. The highest BCUT2D eigenvalue weighted by Gasteiger charge is 2.41. The average molecular weight is 302 g/mol. The molecule has 1 N–H and O–H groups in total. The molecule has 2 unspecified atom stereocenters. The molecular formula is C12H18N2O5S. The third-order valence-corrected chi connectivity index (χ3v) is 4.65. The molecule has 8 heteroatoms. The zero-order chi connectivity index (χ0) is 14.7. The van der Waals surface area contributed by atoms with Crippen LogP contribution in [0.15, 0.2) is 0 Å². The fourth-order valence-electron chi connectivity index (χ4n) is 2.54. The van der Waals surface area contributed by atoms with Crippen LogP contribution in [0.2, 0.25) is 0 Å². The first-order valence-corrected chi connectivity index (χ1v) is 7.67. The van der Waals surface area contributed by atoms with Gasteiger partial charge in [-0.15, -0.1) is 11.8 Å². The Morgan fingerprint density at radius 3 is 2.60 bits per heavy atom. The molecule has 2 aliphatic rings. The fraction of sp³-hybridized carbons (Fsp3) is 0.750. The molecule has 2 rings (SSSR count). The summed E-state index contributed by atoms with van der Waals surface area (Å²) < 4.78 is 4.73. The standard InChI is InChI=1S/C12H18N2O5S/c1-19-11(17)8-4-2-3-5-13(8)12(18)14-7-20-6-9(14)10(15)16/h8-9H,2-7H2,1H3,(H,15,16). The van der Waals surface area contributed by atoms with E-state index >= 15 is 0 Å². The number of methoxy groups -OCH3 is 1. The molecule has 0 saturated carbocycles. The van der Waals surface area contributed by atoms with Crippen LogP contribution in [0.4, 0.5) is 4.79 Å². The van der Waals surface area contributed by atoms with E-state index in [1.165, 1.54) is 28.7 Å². The molecule has 20 heavy (non-hydrogen) atoms. The summed E-state index contributed by atoms with van der Waals surface area (Å²) in [7, 11) is 1.30. The topological polar surface area (TPSA) is 87.2 Å². The van der Waals surface area contributed by atoms with Crippen molar-refractivity contribution in [2.45, 2.75) is 31.3 Å². The minimum atomic E-state index is -1.00. The van der Waals surface area contributed by atoms with Crippen LogP contribution in [0.3, 0.4) is 0 Å². The maximum absolute atomic E-state index is 12.5. The monoisotopic (exact) mass is 302 g/mol. The molecule has 2 heterocycles. The van der Waals surface area contributed by atoms with E-state index in [0.717, 1.165) is 12.8 Å². The van der Waals surface area contributed by atoms with Crippen LogP contribution in [0.25, 0.3) is 0 Å². The Balaban J connectivity index is 2.13. The van der Waals surface area contributed by atoms with Crippen molar-refractivity contribution in [3.05, 3.63) is 0 Å². The summed E-state index contributed by atoms with van der Waals surface area (Å²) in [5.74, 6) is -0.704. The highest BCUT2D eigenvalue weighted by atomic mass is 32.2. The maximum atomic E-state index is 12.5. The van der Waals surface area contributed by atoms with Crippen LogP contribution in [0, 0.1) is 0 Å². The Morgan fingerprint density at radius 1 is 1.20 bits per heavy atom. The number of amides is 2. The van der Waals surface area contributed by atoms with Crippen molar-refractivity contribution in [2.24, 2.45) is 0 Å². The highest BCUT2D eigenvalue weighted by Crippen LogP contribution is 2.26. The number of carbonyl (C=O) groups excluding carboxylic acids is 2. The Hall–Kier alpha value is -1.44. The Kier molecular flexibility index (Phi) is 4.74. The zero-order valence-electron chi connectivity index (χ0n) is 11.3. The van der Waals surface area contributed by atoms with E-state index in [1.807, 2.05) is 0 Å². The van der Waals surface area contributed by atoms with Gasteiger partial charge in [0.1, 0.15) is 12.1 Å². The number of ether oxygens (including phenoxy) is 1. The zero-order valence-corrected chi connectivity index (χ0v) is 12.1. The van der Waals surface area contributed by atoms with Crippen molar-refractivity contribution in [1.82, 2.24) is 9.80 Å². The van der Waals surface area contributed by atoms with Crippen LogP contribution >= 0.6 is 11.8 Å². The normalized spacial score (nSPS) is 26.4. The molecule has 0 spiro atoms. The maximum Gasteiger partial charge on any atom is 0.328 e. The van der Waals surface area contributed by atoms with E-state index in [4.69, 9.17) is 9.84 Å². The minimum absolute atomic E-state index is 0.347. The molecule has 0 radical (unpaired) electrons. The number of nitrogens with zero attached hydrogens (tertiary/aromatic N) is 2. The van der Waals surface area contributed by atoms with Crippen LogP contribution in [-0.4, -0.2) is 70.2 Å². The number of carboxylic acid groups (broad SMARTS) is 1. The van der Waals surface area contributed by atoms with E-state index in [1.54, 1.807) is 0 Å². The van der Waals surface area contributed by atoms with Gasteiger partial charge in [-0.1, -0.05) is 0 Å². The van der Waals surface area contributed by atoms with Crippen LogP contribution in [0.5, 0.6) is 0 Å². The predicted molar refractivity (Wildman–Crippen MR) is 72.3 cm³/mol. The van der Waals surface area contributed by atoms with Crippen molar-refractivity contribution in [3.63, 3.8) is 0 Å². The van der Waals surface area contributed by atoms with E-state index in [0.29, 0.717) is 24.6 Å². The van der Waals surface area contributed by atoms with Gasteiger partial charge in [-0.2, -0.15) is 0 Å². The van der Waals surface area contributed by atoms with Gasteiger partial charge >= 0.3 is 18.0 Å². The van der Waals surface area contributed by atoms with Gasteiger partial charge in [0.05, 0.1) is 13.0 Å². The number of carbonyl (C=O) groups is 3. The molecule has 2 amide bonds. The number of esters is 1. The number of likely N-dealkylation sites (tertiary alicyclic amines) is 1. The van der Waals surface area contributed by atoms with Crippen molar-refractivity contribution >= 4 is 29.7 Å². The van der Waals surface area contributed by atoms with Crippen LogP contribution < -0.4 is 0 Å². The van der Waals surface area contributed by atoms with Gasteiger partial charge in [0.25, 0.3) is 0 Å². The largest absolute Gasteiger partial charge is 0.480 e. The van der Waals surface area contributed by atoms with Crippen molar-refractivity contribution in [1.29, 1.82) is 0 Å². The second kappa shape index (κ2) is 6.34. The summed E-state index contributed by atoms with van der Waals surface area (Å²) in [4.78, 5) is 38.2. The number of urea groups is 1. The van der Waals surface area contributed by atoms with E-state index in [-0.39, 0.29) is 6.03 Å². The van der Waals surface area contributed by atoms with Crippen LogP contribution in [0.1, 0.15) is 19.3 Å². The molecule has 2 fully saturated rings. The van der Waals surface area contributed by atoms with Gasteiger partial charge in [-0.05, 0) is 19.3 Å².